The number of hydrogen-bond acceptors (Lipinski definition) is 2. The molecule has 0 unspecified atom stereocenters. The van der Waals surface area contributed by atoms with Crippen molar-refractivity contribution in [1.29, 1.82) is 0 Å². The van der Waals surface area contributed by atoms with Crippen molar-refractivity contribution in [1.82, 2.24) is 5.32 Å². The molecule has 0 heterocycles. The van der Waals surface area contributed by atoms with Crippen LogP contribution in [0.3, 0.4) is 0 Å². The molecule has 3 heteroatoms. The van der Waals surface area contributed by atoms with Crippen LogP contribution < -0.4 is 10.1 Å². The summed E-state index contributed by atoms with van der Waals surface area (Å²) in [6, 6.07) is 6.36. The van der Waals surface area contributed by atoms with Gasteiger partial charge in [0.15, 0.2) is 0 Å². The lowest BCUT2D eigenvalue weighted by Gasteiger charge is -2.10. The average molecular weight is 242 g/mol. The van der Waals surface area contributed by atoms with Gasteiger partial charge in [0.25, 0.3) is 0 Å². The molecule has 0 spiro atoms. The fraction of sp³-hybridized carbons (Fsp3) is 0.538. The summed E-state index contributed by atoms with van der Waals surface area (Å²) in [7, 11) is 0. The van der Waals surface area contributed by atoms with Gasteiger partial charge >= 0.3 is 0 Å². The van der Waals surface area contributed by atoms with Crippen LogP contribution in [0.4, 0.5) is 0 Å². The van der Waals surface area contributed by atoms with Gasteiger partial charge in [-0.05, 0) is 37.6 Å². The van der Waals surface area contributed by atoms with Gasteiger partial charge < -0.3 is 10.1 Å². The Hall–Kier alpha value is -0.730. The maximum Gasteiger partial charge on any atom is 0.138 e. The standard InChI is InChI=1S/C13H20ClNO/c1-10(2)15-7-4-8-16-13-9-11(3)5-6-12(13)14/h5-6,9-10,15H,4,7-8H2,1-3H3. The number of aryl methyl sites for hydroxylation is 1. The van der Waals surface area contributed by atoms with Crippen LogP contribution in [0.25, 0.3) is 0 Å². The first-order valence-electron chi connectivity index (χ1n) is 5.72. The predicted molar refractivity (Wildman–Crippen MR) is 69.4 cm³/mol. The summed E-state index contributed by atoms with van der Waals surface area (Å²) in [5, 5.41) is 4.03. The molecule has 1 rings (SSSR count). The van der Waals surface area contributed by atoms with Gasteiger partial charge in [-0.3, -0.25) is 0 Å². The molecule has 0 atom stereocenters. The molecule has 0 aliphatic rings. The second kappa shape index (κ2) is 6.77. The van der Waals surface area contributed by atoms with Gasteiger partial charge in [0.1, 0.15) is 5.75 Å². The van der Waals surface area contributed by atoms with E-state index < -0.39 is 0 Å². The number of halogens is 1. The quantitative estimate of drug-likeness (QED) is 0.771. The molecule has 16 heavy (non-hydrogen) atoms. The van der Waals surface area contributed by atoms with Crippen molar-refractivity contribution in [2.45, 2.75) is 33.2 Å². The Labute approximate surface area is 103 Å². The van der Waals surface area contributed by atoms with Gasteiger partial charge in [-0.15, -0.1) is 0 Å². The minimum Gasteiger partial charge on any atom is -0.492 e. The fourth-order valence-corrected chi connectivity index (χ4v) is 1.54. The summed E-state index contributed by atoms with van der Waals surface area (Å²) >= 11 is 6.02. The largest absolute Gasteiger partial charge is 0.492 e. The van der Waals surface area contributed by atoms with Gasteiger partial charge in [0.05, 0.1) is 11.6 Å². The maximum absolute atomic E-state index is 6.02. The Balaban J connectivity index is 2.29. The number of rotatable bonds is 6. The van der Waals surface area contributed by atoms with Crippen LogP contribution >= 0.6 is 11.6 Å². The molecule has 1 N–H and O–H groups in total. The van der Waals surface area contributed by atoms with E-state index in [1.165, 1.54) is 5.56 Å². The normalized spacial score (nSPS) is 10.8. The lowest BCUT2D eigenvalue weighted by Crippen LogP contribution is -2.24. The monoisotopic (exact) mass is 241 g/mol. The molecule has 2 nitrogen and oxygen atoms in total. The lowest BCUT2D eigenvalue weighted by molar-refractivity contribution is 0.306. The molecule has 0 bridgehead atoms. The van der Waals surface area contributed by atoms with Crippen molar-refractivity contribution in [2.75, 3.05) is 13.2 Å². The molecule has 1 aromatic rings. The van der Waals surface area contributed by atoms with Crippen molar-refractivity contribution in [3.05, 3.63) is 28.8 Å². The van der Waals surface area contributed by atoms with E-state index in [9.17, 15) is 0 Å². The van der Waals surface area contributed by atoms with Crippen molar-refractivity contribution in [3.63, 3.8) is 0 Å². The smallest absolute Gasteiger partial charge is 0.138 e. The molecule has 0 aliphatic heterocycles. The Morgan fingerprint density at radius 1 is 1.38 bits per heavy atom. The third-order valence-electron chi connectivity index (χ3n) is 2.22. The van der Waals surface area contributed by atoms with E-state index >= 15 is 0 Å². The number of nitrogens with one attached hydrogen (secondary N) is 1. The van der Waals surface area contributed by atoms with Crippen LogP contribution in [0.1, 0.15) is 25.8 Å². The van der Waals surface area contributed by atoms with Crippen LogP contribution in [-0.4, -0.2) is 19.2 Å². The first kappa shape index (κ1) is 13.3. The third kappa shape index (κ3) is 4.86. The van der Waals surface area contributed by atoms with E-state index in [1.807, 2.05) is 25.1 Å². The third-order valence-corrected chi connectivity index (χ3v) is 2.53. The van der Waals surface area contributed by atoms with Gasteiger partial charge in [-0.1, -0.05) is 31.5 Å². The summed E-state index contributed by atoms with van der Waals surface area (Å²) in [6.45, 7) is 7.98. The molecular weight excluding hydrogens is 222 g/mol. The summed E-state index contributed by atoms with van der Waals surface area (Å²) in [4.78, 5) is 0. The molecule has 0 aliphatic carbocycles. The van der Waals surface area contributed by atoms with E-state index in [1.54, 1.807) is 0 Å². The van der Waals surface area contributed by atoms with Crippen LogP contribution in [0.2, 0.25) is 5.02 Å². The molecule has 0 aromatic heterocycles. The predicted octanol–water partition coefficient (Wildman–Crippen LogP) is 3.42. The zero-order chi connectivity index (χ0) is 12.0. The van der Waals surface area contributed by atoms with E-state index in [0.29, 0.717) is 17.7 Å². The highest BCUT2D eigenvalue weighted by Crippen LogP contribution is 2.25. The van der Waals surface area contributed by atoms with Crippen molar-refractivity contribution in [2.24, 2.45) is 0 Å². The molecule has 0 saturated carbocycles. The van der Waals surface area contributed by atoms with Crippen LogP contribution in [0.15, 0.2) is 18.2 Å². The van der Waals surface area contributed by atoms with E-state index in [4.69, 9.17) is 16.3 Å². The number of hydrogen-bond donors (Lipinski definition) is 1. The molecule has 0 amide bonds. The van der Waals surface area contributed by atoms with Gasteiger partial charge in [-0.2, -0.15) is 0 Å². The molecule has 0 fully saturated rings. The number of benzene rings is 1. The second-order valence-electron chi connectivity index (χ2n) is 4.24. The van der Waals surface area contributed by atoms with Gasteiger partial charge in [-0.25, -0.2) is 0 Å². The molecule has 0 radical (unpaired) electrons. The molecular formula is C13H20ClNO. The minimum absolute atomic E-state index is 0.530. The summed E-state index contributed by atoms with van der Waals surface area (Å²) in [6.07, 6.45) is 0.989. The van der Waals surface area contributed by atoms with E-state index in [2.05, 4.69) is 19.2 Å². The summed E-state index contributed by atoms with van der Waals surface area (Å²) in [5.74, 6) is 0.784. The lowest BCUT2D eigenvalue weighted by atomic mass is 10.2. The Bertz CT molecular complexity index is 326. The summed E-state index contributed by atoms with van der Waals surface area (Å²) in [5.41, 5.74) is 1.17. The second-order valence-corrected chi connectivity index (χ2v) is 4.65. The van der Waals surface area contributed by atoms with Gasteiger partial charge in [0.2, 0.25) is 0 Å². The molecule has 90 valence electrons. The SMILES string of the molecule is Cc1ccc(Cl)c(OCCCNC(C)C)c1. The Morgan fingerprint density at radius 2 is 2.12 bits per heavy atom. The topological polar surface area (TPSA) is 21.3 Å². The van der Waals surface area contributed by atoms with Crippen LogP contribution in [0, 0.1) is 6.92 Å². The molecule has 1 aromatic carbocycles. The van der Waals surface area contributed by atoms with Crippen LogP contribution in [0.5, 0.6) is 5.75 Å². The van der Waals surface area contributed by atoms with Gasteiger partial charge in [0, 0.05) is 6.04 Å². The zero-order valence-electron chi connectivity index (χ0n) is 10.2. The molecule has 0 saturated heterocycles. The summed E-state index contributed by atoms with van der Waals surface area (Å²) < 4.78 is 5.63. The van der Waals surface area contributed by atoms with Crippen LogP contribution in [-0.2, 0) is 0 Å². The Morgan fingerprint density at radius 3 is 2.81 bits per heavy atom. The minimum atomic E-state index is 0.530. The first-order valence-corrected chi connectivity index (χ1v) is 6.09. The van der Waals surface area contributed by atoms with Crippen molar-refractivity contribution in [3.8, 4) is 5.75 Å². The average Bonchev–Trinajstić information content (AvgIpc) is 2.22. The van der Waals surface area contributed by atoms with E-state index in [0.717, 1.165) is 18.7 Å². The van der Waals surface area contributed by atoms with E-state index in [-0.39, 0.29) is 0 Å². The fourth-order valence-electron chi connectivity index (χ4n) is 1.37. The Kier molecular flexibility index (Phi) is 5.64. The zero-order valence-corrected chi connectivity index (χ0v) is 11.0. The maximum atomic E-state index is 6.02. The van der Waals surface area contributed by atoms with Crippen molar-refractivity contribution < 1.29 is 4.74 Å². The number of ether oxygens (including phenoxy) is 1. The van der Waals surface area contributed by atoms with Crippen molar-refractivity contribution >= 4 is 11.6 Å². The highest BCUT2D eigenvalue weighted by molar-refractivity contribution is 6.32. The highest BCUT2D eigenvalue weighted by Gasteiger charge is 2.01. The highest BCUT2D eigenvalue weighted by atomic mass is 35.5. The first-order chi connectivity index (χ1) is 7.59.